The SMILES string of the molecule is COC(=O)C=C(c1cccnc1)n1ccc2c(C=Cc3ccc4c(n3)N(C(=O)OC(C)(C)C)CCC4)cccc21. The number of hydrogen-bond acceptors (Lipinski definition) is 6. The van der Waals surface area contributed by atoms with Crippen LogP contribution in [0.25, 0.3) is 28.8 Å². The number of benzene rings is 1. The predicted octanol–water partition coefficient (Wildman–Crippen LogP) is 6.35. The molecule has 0 atom stereocenters. The van der Waals surface area contributed by atoms with Crippen molar-refractivity contribution < 1.29 is 19.1 Å². The van der Waals surface area contributed by atoms with Crippen LogP contribution in [0.5, 0.6) is 0 Å². The average molecular weight is 537 g/mol. The normalized spacial score (nSPS) is 13.9. The zero-order chi connectivity index (χ0) is 28.3. The molecule has 204 valence electrons. The maximum Gasteiger partial charge on any atom is 0.416 e. The van der Waals surface area contributed by atoms with Crippen molar-refractivity contribution in [1.29, 1.82) is 0 Å². The van der Waals surface area contributed by atoms with Gasteiger partial charge in [-0.25, -0.2) is 14.6 Å². The molecule has 1 aliphatic heterocycles. The second-order valence-corrected chi connectivity index (χ2v) is 10.5. The summed E-state index contributed by atoms with van der Waals surface area (Å²) in [6.45, 7) is 6.16. The Morgan fingerprint density at radius 1 is 1.02 bits per heavy atom. The molecule has 0 aliphatic carbocycles. The number of amides is 1. The lowest BCUT2D eigenvalue weighted by Gasteiger charge is -2.30. The quantitative estimate of drug-likeness (QED) is 0.218. The summed E-state index contributed by atoms with van der Waals surface area (Å²) in [5, 5.41) is 1.01. The number of carbonyl (C=O) groups is 2. The van der Waals surface area contributed by atoms with Gasteiger partial charge in [0.05, 0.1) is 24.0 Å². The van der Waals surface area contributed by atoms with Crippen LogP contribution in [-0.4, -0.2) is 45.9 Å². The van der Waals surface area contributed by atoms with Crippen molar-refractivity contribution in [2.45, 2.75) is 39.2 Å². The smallest absolute Gasteiger partial charge is 0.416 e. The number of fused-ring (bicyclic) bond motifs is 2. The first kappa shape index (κ1) is 26.9. The molecule has 3 aromatic heterocycles. The molecule has 1 aliphatic rings. The van der Waals surface area contributed by atoms with Gasteiger partial charge in [-0.05, 0) is 81.1 Å². The number of esters is 1. The van der Waals surface area contributed by atoms with Gasteiger partial charge in [-0.2, -0.15) is 0 Å². The van der Waals surface area contributed by atoms with Gasteiger partial charge in [0.2, 0.25) is 0 Å². The van der Waals surface area contributed by atoms with Crippen LogP contribution in [0, 0.1) is 0 Å². The first-order valence-corrected chi connectivity index (χ1v) is 13.2. The lowest BCUT2D eigenvalue weighted by Crippen LogP contribution is -2.40. The van der Waals surface area contributed by atoms with Crippen molar-refractivity contribution in [2.75, 3.05) is 18.6 Å². The monoisotopic (exact) mass is 536 g/mol. The molecule has 4 heterocycles. The zero-order valence-corrected chi connectivity index (χ0v) is 23.1. The van der Waals surface area contributed by atoms with E-state index in [1.165, 1.54) is 13.2 Å². The fourth-order valence-corrected chi connectivity index (χ4v) is 4.74. The van der Waals surface area contributed by atoms with E-state index in [0.717, 1.165) is 46.1 Å². The minimum absolute atomic E-state index is 0.377. The molecule has 0 unspecified atom stereocenters. The first-order valence-electron chi connectivity index (χ1n) is 13.2. The number of anilines is 1. The van der Waals surface area contributed by atoms with Crippen LogP contribution in [0.2, 0.25) is 0 Å². The van der Waals surface area contributed by atoms with Gasteiger partial charge >= 0.3 is 12.1 Å². The van der Waals surface area contributed by atoms with Gasteiger partial charge in [0, 0.05) is 42.2 Å². The third-order valence-electron chi connectivity index (χ3n) is 6.55. The van der Waals surface area contributed by atoms with E-state index < -0.39 is 11.6 Å². The van der Waals surface area contributed by atoms with E-state index in [4.69, 9.17) is 14.5 Å². The van der Waals surface area contributed by atoms with Gasteiger partial charge in [0.1, 0.15) is 11.4 Å². The fraction of sp³-hybridized carbons (Fsp3) is 0.250. The third-order valence-corrected chi connectivity index (χ3v) is 6.55. The molecule has 1 aromatic carbocycles. The highest BCUT2D eigenvalue weighted by molar-refractivity contribution is 5.97. The fourth-order valence-electron chi connectivity index (χ4n) is 4.74. The largest absolute Gasteiger partial charge is 0.466 e. The number of ether oxygens (including phenoxy) is 2. The van der Waals surface area contributed by atoms with Gasteiger partial charge in [0.25, 0.3) is 0 Å². The van der Waals surface area contributed by atoms with Crippen LogP contribution in [0.3, 0.4) is 0 Å². The van der Waals surface area contributed by atoms with E-state index in [9.17, 15) is 9.59 Å². The van der Waals surface area contributed by atoms with Gasteiger partial charge < -0.3 is 14.0 Å². The Balaban J connectivity index is 1.48. The molecule has 8 nitrogen and oxygen atoms in total. The van der Waals surface area contributed by atoms with Crippen molar-refractivity contribution in [3.05, 3.63) is 95.6 Å². The summed E-state index contributed by atoms with van der Waals surface area (Å²) in [4.78, 5) is 35.7. The molecule has 4 aromatic rings. The molecule has 0 saturated carbocycles. The van der Waals surface area contributed by atoms with Crippen LogP contribution < -0.4 is 4.90 Å². The Morgan fingerprint density at radius 3 is 2.62 bits per heavy atom. The van der Waals surface area contributed by atoms with Crippen LogP contribution in [0.4, 0.5) is 10.6 Å². The molecule has 0 radical (unpaired) electrons. The van der Waals surface area contributed by atoms with Crippen molar-refractivity contribution in [3.63, 3.8) is 0 Å². The Hall–Kier alpha value is -4.72. The van der Waals surface area contributed by atoms with E-state index in [1.54, 1.807) is 17.3 Å². The molecule has 0 spiro atoms. The standard InChI is InChI=1S/C32H32N4O4/c1-32(2,3)40-31(38)36-18-7-10-23-13-15-25(34-30(23)36)14-12-22-8-5-11-27-26(22)16-19-35(27)28(20-29(37)39-4)24-9-6-17-33-21-24/h5-6,8-9,11-17,19-21H,7,10,18H2,1-4H3. The second kappa shape index (κ2) is 11.2. The number of pyridine rings is 2. The predicted molar refractivity (Wildman–Crippen MR) is 157 cm³/mol. The van der Waals surface area contributed by atoms with E-state index in [0.29, 0.717) is 18.1 Å². The number of nitrogens with zero attached hydrogens (tertiary/aromatic N) is 4. The highest BCUT2D eigenvalue weighted by Gasteiger charge is 2.28. The third kappa shape index (κ3) is 5.81. The van der Waals surface area contributed by atoms with Gasteiger partial charge in [-0.15, -0.1) is 0 Å². The van der Waals surface area contributed by atoms with Crippen LogP contribution in [-0.2, 0) is 20.7 Å². The maximum atomic E-state index is 12.9. The summed E-state index contributed by atoms with van der Waals surface area (Å²) in [6.07, 6.45) is 12.1. The lowest BCUT2D eigenvalue weighted by molar-refractivity contribution is -0.134. The van der Waals surface area contributed by atoms with E-state index >= 15 is 0 Å². The highest BCUT2D eigenvalue weighted by Crippen LogP contribution is 2.30. The molecule has 1 amide bonds. The Labute approximate surface area is 233 Å². The number of methoxy groups -OCH3 is 1. The second-order valence-electron chi connectivity index (χ2n) is 10.5. The van der Waals surface area contributed by atoms with Crippen molar-refractivity contribution in [3.8, 4) is 0 Å². The zero-order valence-electron chi connectivity index (χ0n) is 23.1. The van der Waals surface area contributed by atoms with Crippen molar-refractivity contribution >= 4 is 46.6 Å². The summed E-state index contributed by atoms with van der Waals surface area (Å²) in [5.74, 6) is 0.205. The minimum atomic E-state index is -0.579. The van der Waals surface area contributed by atoms with Crippen LogP contribution in [0.1, 0.15) is 49.6 Å². The van der Waals surface area contributed by atoms with Gasteiger partial charge in [0.15, 0.2) is 0 Å². The molecular weight excluding hydrogens is 504 g/mol. The molecule has 0 fully saturated rings. The summed E-state index contributed by atoms with van der Waals surface area (Å²) < 4.78 is 12.5. The van der Waals surface area contributed by atoms with Crippen LogP contribution >= 0.6 is 0 Å². The summed E-state index contributed by atoms with van der Waals surface area (Å²) >= 11 is 0. The lowest BCUT2D eigenvalue weighted by atomic mass is 10.0. The Bertz CT molecular complexity index is 1610. The average Bonchev–Trinajstić information content (AvgIpc) is 3.38. The number of aromatic nitrogens is 3. The maximum absolute atomic E-state index is 12.9. The molecular formula is C32H32N4O4. The molecule has 40 heavy (non-hydrogen) atoms. The Morgan fingerprint density at radius 2 is 1.88 bits per heavy atom. The number of carbonyl (C=O) groups excluding carboxylic acids is 2. The summed E-state index contributed by atoms with van der Waals surface area (Å²) in [6, 6.07) is 15.8. The van der Waals surface area contributed by atoms with E-state index in [1.807, 2.05) is 92.2 Å². The van der Waals surface area contributed by atoms with Crippen molar-refractivity contribution in [2.24, 2.45) is 0 Å². The molecule has 8 heteroatoms. The summed E-state index contributed by atoms with van der Waals surface area (Å²) in [7, 11) is 1.36. The Kier molecular flexibility index (Phi) is 7.51. The minimum Gasteiger partial charge on any atom is -0.466 e. The molecule has 0 bridgehead atoms. The summed E-state index contributed by atoms with van der Waals surface area (Å²) in [5.41, 5.74) is 4.57. The van der Waals surface area contributed by atoms with Gasteiger partial charge in [-0.1, -0.05) is 24.3 Å². The van der Waals surface area contributed by atoms with Gasteiger partial charge in [-0.3, -0.25) is 9.88 Å². The highest BCUT2D eigenvalue weighted by atomic mass is 16.6. The van der Waals surface area contributed by atoms with Crippen molar-refractivity contribution in [1.82, 2.24) is 14.5 Å². The molecule has 5 rings (SSSR count). The number of hydrogen-bond donors (Lipinski definition) is 0. The topological polar surface area (TPSA) is 86.5 Å². The van der Waals surface area contributed by atoms with E-state index in [-0.39, 0.29) is 6.09 Å². The van der Waals surface area contributed by atoms with Crippen LogP contribution in [0.15, 0.2) is 73.2 Å². The van der Waals surface area contributed by atoms with E-state index in [2.05, 4.69) is 4.98 Å². The number of aryl methyl sites for hydroxylation is 1. The first-order chi connectivity index (χ1) is 19.2. The molecule has 0 saturated heterocycles. The number of rotatable bonds is 5. The molecule has 0 N–H and O–H groups in total.